The molecule has 0 saturated heterocycles. The van der Waals surface area contributed by atoms with Crippen molar-refractivity contribution in [1.29, 1.82) is 0 Å². The summed E-state index contributed by atoms with van der Waals surface area (Å²) in [6.45, 7) is 1.68. The van der Waals surface area contributed by atoms with Crippen molar-refractivity contribution in [2.24, 2.45) is 0 Å². The summed E-state index contributed by atoms with van der Waals surface area (Å²) in [6, 6.07) is 22.5. The summed E-state index contributed by atoms with van der Waals surface area (Å²) in [7, 11) is 0. The van der Waals surface area contributed by atoms with Gasteiger partial charge in [-0.15, -0.1) is 23.1 Å². The van der Waals surface area contributed by atoms with Gasteiger partial charge in [0.1, 0.15) is 5.75 Å². The minimum absolute atomic E-state index is 0.0211. The second-order valence-corrected chi connectivity index (χ2v) is 10.0. The van der Waals surface area contributed by atoms with Crippen LogP contribution in [0.1, 0.15) is 6.92 Å². The number of non-ortho nitro benzene ring substituents is 1. The number of carbonyl (C=O) groups is 2. The summed E-state index contributed by atoms with van der Waals surface area (Å²) in [5.41, 5.74) is 1.76. The highest BCUT2D eigenvalue weighted by atomic mass is 32.2. The van der Waals surface area contributed by atoms with Crippen molar-refractivity contribution < 1.29 is 19.2 Å². The first-order chi connectivity index (χ1) is 17.9. The molecule has 1 aromatic heterocycles. The van der Waals surface area contributed by atoms with Crippen LogP contribution in [0.25, 0.3) is 11.3 Å². The monoisotopic (exact) mass is 534 g/mol. The highest BCUT2D eigenvalue weighted by molar-refractivity contribution is 8.00. The zero-order chi connectivity index (χ0) is 26.2. The van der Waals surface area contributed by atoms with E-state index in [1.807, 2.05) is 30.3 Å². The molecule has 3 aromatic carbocycles. The second-order valence-electron chi connectivity index (χ2n) is 7.77. The Bertz CT molecular complexity index is 1390. The number of para-hydroxylation sites is 1. The van der Waals surface area contributed by atoms with Crippen LogP contribution in [0.15, 0.2) is 89.1 Å². The Morgan fingerprint density at radius 3 is 2.54 bits per heavy atom. The predicted octanol–water partition coefficient (Wildman–Crippen LogP) is 5.86. The summed E-state index contributed by atoms with van der Waals surface area (Å²) in [4.78, 5) is 40.6. The highest BCUT2D eigenvalue weighted by Gasteiger charge is 2.17. The molecule has 2 N–H and O–H groups in total. The topological polar surface area (TPSA) is 123 Å². The minimum Gasteiger partial charge on any atom is -0.484 e. The third-order valence-electron chi connectivity index (χ3n) is 5.02. The molecule has 1 atom stereocenters. The average Bonchev–Trinajstić information content (AvgIpc) is 3.38. The molecule has 0 bridgehead atoms. The minimum atomic E-state index is -0.460. The van der Waals surface area contributed by atoms with Crippen LogP contribution < -0.4 is 15.4 Å². The quantitative estimate of drug-likeness (QED) is 0.148. The fraction of sp³-hybridized carbons (Fsp3) is 0.115. The molecule has 4 rings (SSSR count). The van der Waals surface area contributed by atoms with Gasteiger partial charge in [-0.25, -0.2) is 4.98 Å². The lowest BCUT2D eigenvalue weighted by atomic mass is 10.1. The third kappa shape index (κ3) is 7.38. The highest BCUT2D eigenvalue weighted by Crippen LogP contribution is 2.29. The molecule has 0 fully saturated rings. The van der Waals surface area contributed by atoms with Crippen molar-refractivity contribution in [3.63, 3.8) is 0 Å². The van der Waals surface area contributed by atoms with Gasteiger partial charge in [0.2, 0.25) is 5.91 Å². The number of amides is 2. The molecular formula is C26H22N4O5S2. The molecule has 0 aliphatic rings. The Hall–Kier alpha value is -4.22. The Kier molecular flexibility index (Phi) is 8.49. The van der Waals surface area contributed by atoms with Gasteiger partial charge in [0, 0.05) is 33.7 Å². The van der Waals surface area contributed by atoms with Crippen molar-refractivity contribution in [1.82, 2.24) is 4.98 Å². The molecule has 0 aliphatic carbocycles. The van der Waals surface area contributed by atoms with Crippen molar-refractivity contribution in [2.45, 2.75) is 17.1 Å². The largest absolute Gasteiger partial charge is 0.484 e. The third-order valence-corrected chi connectivity index (χ3v) is 6.89. The molecule has 0 saturated carbocycles. The van der Waals surface area contributed by atoms with Crippen LogP contribution in [0.4, 0.5) is 16.5 Å². The Morgan fingerprint density at radius 1 is 1.05 bits per heavy atom. The van der Waals surface area contributed by atoms with E-state index in [0.29, 0.717) is 27.8 Å². The van der Waals surface area contributed by atoms with E-state index in [4.69, 9.17) is 4.74 Å². The van der Waals surface area contributed by atoms with E-state index in [-0.39, 0.29) is 24.1 Å². The molecule has 0 aliphatic heterocycles. The normalized spacial score (nSPS) is 11.4. The number of hydrogen-bond donors (Lipinski definition) is 2. The van der Waals surface area contributed by atoms with Gasteiger partial charge in [0.15, 0.2) is 11.7 Å². The molecule has 2 amide bonds. The van der Waals surface area contributed by atoms with E-state index in [2.05, 4.69) is 15.6 Å². The number of thioether (sulfide) groups is 1. The lowest BCUT2D eigenvalue weighted by Crippen LogP contribution is -2.22. The van der Waals surface area contributed by atoms with Crippen LogP contribution in [0, 0.1) is 10.1 Å². The van der Waals surface area contributed by atoms with E-state index in [0.717, 1.165) is 4.90 Å². The Morgan fingerprint density at radius 2 is 1.81 bits per heavy atom. The van der Waals surface area contributed by atoms with Gasteiger partial charge in [-0.05, 0) is 43.3 Å². The number of nitrogens with zero attached hydrogens (tertiary/aromatic N) is 2. The molecular weight excluding hydrogens is 512 g/mol. The molecule has 9 nitrogen and oxygen atoms in total. The first kappa shape index (κ1) is 25.9. The fourth-order valence-electron chi connectivity index (χ4n) is 3.19. The Balaban J connectivity index is 1.27. The number of nitro groups is 1. The van der Waals surface area contributed by atoms with Crippen molar-refractivity contribution >= 4 is 51.4 Å². The molecule has 0 radical (unpaired) electrons. The first-order valence-corrected chi connectivity index (χ1v) is 12.9. The number of hydrogen-bond acceptors (Lipinski definition) is 8. The lowest BCUT2D eigenvalue weighted by molar-refractivity contribution is -0.384. The molecule has 11 heteroatoms. The maximum Gasteiger partial charge on any atom is 0.270 e. The molecule has 0 spiro atoms. The van der Waals surface area contributed by atoms with E-state index in [1.54, 1.807) is 48.7 Å². The van der Waals surface area contributed by atoms with E-state index >= 15 is 0 Å². The second kappa shape index (κ2) is 12.2. The number of nitrogens with one attached hydrogen (secondary N) is 2. The maximum atomic E-state index is 12.7. The van der Waals surface area contributed by atoms with Gasteiger partial charge in [0.05, 0.1) is 15.9 Å². The predicted molar refractivity (Wildman–Crippen MR) is 145 cm³/mol. The van der Waals surface area contributed by atoms with Gasteiger partial charge in [-0.2, -0.15) is 0 Å². The summed E-state index contributed by atoms with van der Waals surface area (Å²) < 4.78 is 5.44. The lowest BCUT2D eigenvalue weighted by Gasteiger charge is -2.11. The number of thiazole rings is 1. The van der Waals surface area contributed by atoms with Crippen molar-refractivity contribution in [3.8, 4) is 17.0 Å². The number of benzene rings is 3. The number of aromatic nitrogens is 1. The summed E-state index contributed by atoms with van der Waals surface area (Å²) in [6.07, 6.45) is 0. The molecule has 1 heterocycles. The fourth-order valence-corrected chi connectivity index (χ4v) is 4.78. The number of nitro benzene ring substituents is 1. The summed E-state index contributed by atoms with van der Waals surface area (Å²) in [5.74, 6) is 0.125. The number of rotatable bonds is 10. The first-order valence-electron chi connectivity index (χ1n) is 11.1. The van der Waals surface area contributed by atoms with Crippen LogP contribution >= 0.6 is 23.1 Å². The SMILES string of the molecule is CC(Sc1ccc(NC(=O)COc2ccccc2)cc1)C(=O)Nc1nc(-c2cccc([N+](=O)[O-])c2)cs1. The van der Waals surface area contributed by atoms with Crippen LogP contribution in [-0.4, -0.2) is 33.6 Å². The van der Waals surface area contributed by atoms with Gasteiger partial charge in [0.25, 0.3) is 11.6 Å². The van der Waals surface area contributed by atoms with Crippen LogP contribution in [0.3, 0.4) is 0 Å². The van der Waals surface area contributed by atoms with Gasteiger partial charge in [-0.3, -0.25) is 19.7 Å². The zero-order valence-electron chi connectivity index (χ0n) is 19.6. The van der Waals surface area contributed by atoms with E-state index in [9.17, 15) is 19.7 Å². The zero-order valence-corrected chi connectivity index (χ0v) is 21.3. The number of carbonyl (C=O) groups excluding carboxylic acids is 2. The Labute approximate surface area is 221 Å². The summed E-state index contributed by atoms with van der Waals surface area (Å²) >= 11 is 2.61. The number of ether oxygens (including phenoxy) is 1. The van der Waals surface area contributed by atoms with Crippen LogP contribution in [-0.2, 0) is 9.59 Å². The maximum absolute atomic E-state index is 12.7. The van der Waals surface area contributed by atoms with Gasteiger partial charge in [-0.1, -0.05) is 30.3 Å². The average molecular weight is 535 g/mol. The van der Waals surface area contributed by atoms with E-state index < -0.39 is 10.2 Å². The van der Waals surface area contributed by atoms with Crippen molar-refractivity contribution in [3.05, 3.63) is 94.4 Å². The molecule has 188 valence electrons. The standard InChI is InChI=1S/C26H22N4O5S2/c1-17(25(32)29-26-28-23(16-36-26)18-6-5-7-20(14-18)30(33)34)37-22-12-10-19(11-13-22)27-24(31)15-35-21-8-3-2-4-9-21/h2-14,16-17H,15H2,1H3,(H,27,31)(H,28,29,32). The molecule has 37 heavy (non-hydrogen) atoms. The summed E-state index contributed by atoms with van der Waals surface area (Å²) in [5, 5.41) is 18.3. The van der Waals surface area contributed by atoms with Crippen LogP contribution in [0.5, 0.6) is 5.75 Å². The smallest absolute Gasteiger partial charge is 0.270 e. The molecule has 1 unspecified atom stereocenters. The molecule has 4 aromatic rings. The van der Waals surface area contributed by atoms with Crippen LogP contribution in [0.2, 0.25) is 0 Å². The van der Waals surface area contributed by atoms with Gasteiger partial charge >= 0.3 is 0 Å². The van der Waals surface area contributed by atoms with Gasteiger partial charge < -0.3 is 15.4 Å². The van der Waals surface area contributed by atoms with Crippen molar-refractivity contribution in [2.75, 3.05) is 17.2 Å². The van der Waals surface area contributed by atoms with E-state index in [1.165, 1.54) is 35.2 Å². The number of anilines is 2.